The van der Waals surface area contributed by atoms with Gasteiger partial charge in [-0.25, -0.2) is 0 Å². The van der Waals surface area contributed by atoms with Crippen LogP contribution >= 0.6 is 0 Å². The second kappa shape index (κ2) is 4.95. The van der Waals surface area contributed by atoms with Crippen molar-refractivity contribution >= 4 is 5.69 Å². The third-order valence-corrected chi connectivity index (χ3v) is 4.13. The van der Waals surface area contributed by atoms with Crippen LogP contribution < -0.4 is 14.8 Å². The van der Waals surface area contributed by atoms with Crippen molar-refractivity contribution in [3.8, 4) is 11.5 Å². The lowest BCUT2D eigenvalue weighted by Crippen LogP contribution is -2.22. The van der Waals surface area contributed by atoms with Crippen LogP contribution in [0.4, 0.5) is 5.69 Å². The van der Waals surface area contributed by atoms with Gasteiger partial charge in [0.15, 0.2) is 11.5 Å². The van der Waals surface area contributed by atoms with E-state index in [1.54, 1.807) is 7.11 Å². The SMILES string of the molecule is COc1cc(NC(C)C)cc2c1O[C@@H]1CCCC[C@H]21. The molecule has 3 nitrogen and oxygen atoms in total. The molecular weight excluding hydrogens is 238 g/mol. The first-order chi connectivity index (χ1) is 9.19. The topological polar surface area (TPSA) is 30.5 Å². The smallest absolute Gasteiger partial charge is 0.165 e. The molecule has 1 aromatic rings. The van der Waals surface area contributed by atoms with Crippen molar-refractivity contribution in [3.63, 3.8) is 0 Å². The van der Waals surface area contributed by atoms with Crippen molar-refractivity contribution in [1.29, 1.82) is 0 Å². The normalized spacial score (nSPS) is 24.6. The van der Waals surface area contributed by atoms with Gasteiger partial charge in [0, 0.05) is 29.3 Å². The monoisotopic (exact) mass is 261 g/mol. The summed E-state index contributed by atoms with van der Waals surface area (Å²) in [5.74, 6) is 2.41. The van der Waals surface area contributed by atoms with Crippen molar-refractivity contribution in [3.05, 3.63) is 17.7 Å². The Morgan fingerprint density at radius 2 is 2.05 bits per heavy atom. The van der Waals surface area contributed by atoms with Crippen LogP contribution in [-0.4, -0.2) is 19.3 Å². The Kier molecular flexibility index (Phi) is 3.29. The highest BCUT2D eigenvalue weighted by Crippen LogP contribution is 2.50. The van der Waals surface area contributed by atoms with Gasteiger partial charge < -0.3 is 14.8 Å². The summed E-state index contributed by atoms with van der Waals surface area (Å²) < 4.78 is 11.7. The molecular formula is C16H23NO2. The van der Waals surface area contributed by atoms with Crippen LogP contribution in [0.15, 0.2) is 12.1 Å². The fourth-order valence-corrected chi connectivity index (χ4v) is 3.34. The molecule has 2 atom stereocenters. The Labute approximate surface area is 115 Å². The highest BCUT2D eigenvalue weighted by atomic mass is 16.5. The highest BCUT2D eigenvalue weighted by molar-refractivity contribution is 5.62. The van der Waals surface area contributed by atoms with Crippen molar-refractivity contribution < 1.29 is 9.47 Å². The molecule has 0 radical (unpaired) electrons. The third-order valence-electron chi connectivity index (χ3n) is 4.13. The first-order valence-electron chi connectivity index (χ1n) is 7.34. The van der Waals surface area contributed by atoms with Crippen molar-refractivity contribution in [2.24, 2.45) is 0 Å². The number of benzene rings is 1. The predicted octanol–water partition coefficient (Wildman–Crippen LogP) is 3.93. The molecule has 1 aliphatic carbocycles. The summed E-state index contributed by atoms with van der Waals surface area (Å²) in [7, 11) is 1.72. The van der Waals surface area contributed by atoms with Gasteiger partial charge in [-0.05, 0) is 39.2 Å². The molecule has 0 bridgehead atoms. The molecule has 3 rings (SSSR count). The van der Waals surface area contributed by atoms with Crippen LogP contribution in [-0.2, 0) is 0 Å². The standard InChI is InChI=1S/C16H23NO2/c1-10(2)17-11-8-13-12-6-4-5-7-14(12)19-16(13)15(9-11)18-3/h8-10,12,14,17H,4-7H2,1-3H3/t12-,14-/m1/s1. The lowest BCUT2D eigenvalue weighted by Gasteiger charge is -2.23. The Hall–Kier alpha value is -1.38. The number of methoxy groups -OCH3 is 1. The number of hydrogen-bond donors (Lipinski definition) is 1. The summed E-state index contributed by atoms with van der Waals surface area (Å²) in [6, 6.07) is 4.73. The molecule has 104 valence electrons. The average Bonchev–Trinajstić information content (AvgIpc) is 2.76. The van der Waals surface area contributed by atoms with E-state index in [9.17, 15) is 0 Å². The highest BCUT2D eigenvalue weighted by Gasteiger charge is 2.38. The van der Waals surface area contributed by atoms with E-state index >= 15 is 0 Å². The van der Waals surface area contributed by atoms with Crippen LogP contribution in [0.3, 0.4) is 0 Å². The van der Waals surface area contributed by atoms with Crippen molar-refractivity contribution in [2.45, 2.75) is 57.6 Å². The van der Waals surface area contributed by atoms with E-state index in [-0.39, 0.29) is 0 Å². The minimum Gasteiger partial charge on any atom is -0.493 e. The number of nitrogens with one attached hydrogen (secondary N) is 1. The quantitative estimate of drug-likeness (QED) is 0.894. The van der Waals surface area contributed by atoms with Gasteiger partial charge in [-0.2, -0.15) is 0 Å². The summed E-state index contributed by atoms with van der Waals surface area (Å²) in [6.45, 7) is 4.30. The van der Waals surface area contributed by atoms with Gasteiger partial charge in [0.05, 0.1) is 7.11 Å². The number of fused-ring (bicyclic) bond motifs is 3. The van der Waals surface area contributed by atoms with Gasteiger partial charge in [0.1, 0.15) is 6.10 Å². The van der Waals surface area contributed by atoms with Crippen LogP contribution in [0, 0.1) is 0 Å². The number of hydrogen-bond acceptors (Lipinski definition) is 3. The molecule has 19 heavy (non-hydrogen) atoms. The minimum absolute atomic E-state index is 0.368. The lowest BCUT2D eigenvalue weighted by molar-refractivity contribution is 0.160. The molecule has 1 fully saturated rings. The zero-order valence-corrected chi connectivity index (χ0v) is 12.0. The largest absolute Gasteiger partial charge is 0.493 e. The molecule has 0 unspecified atom stereocenters. The van der Waals surface area contributed by atoms with E-state index in [4.69, 9.17) is 9.47 Å². The molecule has 3 heteroatoms. The van der Waals surface area contributed by atoms with Gasteiger partial charge in [-0.15, -0.1) is 0 Å². The molecule has 0 amide bonds. The molecule has 1 aliphatic heterocycles. The Balaban J connectivity index is 1.98. The van der Waals surface area contributed by atoms with Crippen LogP contribution in [0.5, 0.6) is 11.5 Å². The van der Waals surface area contributed by atoms with E-state index in [1.165, 1.54) is 31.2 Å². The molecule has 1 heterocycles. The van der Waals surface area contributed by atoms with Gasteiger partial charge in [-0.1, -0.05) is 6.42 Å². The van der Waals surface area contributed by atoms with E-state index in [0.717, 1.165) is 17.2 Å². The maximum Gasteiger partial charge on any atom is 0.165 e. The Morgan fingerprint density at radius 1 is 1.26 bits per heavy atom. The molecule has 1 saturated carbocycles. The average molecular weight is 261 g/mol. The van der Waals surface area contributed by atoms with E-state index < -0.39 is 0 Å². The Bertz CT molecular complexity index is 470. The summed E-state index contributed by atoms with van der Waals surface area (Å²) >= 11 is 0. The van der Waals surface area contributed by atoms with Crippen LogP contribution in [0.25, 0.3) is 0 Å². The molecule has 0 saturated heterocycles. The number of ether oxygens (including phenoxy) is 2. The Morgan fingerprint density at radius 3 is 2.79 bits per heavy atom. The van der Waals surface area contributed by atoms with Crippen LogP contribution in [0.2, 0.25) is 0 Å². The minimum atomic E-state index is 0.368. The predicted molar refractivity (Wildman–Crippen MR) is 77.4 cm³/mol. The first-order valence-corrected chi connectivity index (χ1v) is 7.34. The number of rotatable bonds is 3. The van der Waals surface area contributed by atoms with Gasteiger partial charge in [-0.3, -0.25) is 0 Å². The van der Waals surface area contributed by atoms with Gasteiger partial charge in [0.2, 0.25) is 0 Å². The maximum absolute atomic E-state index is 6.14. The zero-order chi connectivity index (χ0) is 13.4. The lowest BCUT2D eigenvalue weighted by atomic mass is 9.83. The second-order valence-electron chi connectivity index (χ2n) is 5.94. The number of anilines is 1. The summed E-state index contributed by atoms with van der Waals surface area (Å²) in [4.78, 5) is 0. The van der Waals surface area contributed by atoms with E-state index in [0.29, 0.717) is 18.1 Å². The summed E-state index contributed by atoms with van der Waals surface area (Å²) in [5.41, 5.74) is 2.48. The van der Waals surface area contributed by atoms with Crippen LogP contribution in [0.1, 0.15) is 51.0 Å². The fraction of sp³-hybridized carbons (Fsp3) is 0.625. The third kappa shape index (κ3) is 2.26. The molecule has 1 aromatic carbocycles. The molecule has 0 aromatic heterocycles. The van der Waals surface area contributed by atoms with Gasteiger partial charge in [0.25, 0.3) is 0 Å². The zero-order valence-electron chi connectivity index (χ0n) is 12.0. The molecule has 0 spiro atoms. The maximum atomic E-state index is 6.14. The first kappa shape index (κ1) is 12.6. The van der Waals surface area contributed by atoms with E-state index in [1.807, 2.05) is 0 Å². The van der Waals surface area contributed by atoms with Gasteiger partial charge >= 0.3 is 0 Å². The van der Waals surface area contributed by atoms with Crippen molar-refractivity contribution in [2.75, 3.05) is 12.4 Å². The fourth-order valence-electron chi connectivity index (χ4n) is 3.34. The van der Waals surface area contributed by atoms with Crippen molar-refractivity contribution in [1.82, 2.24) is 0 Å². The molecule has 1 N–H and O–H groups in total. The second-order valence-corrected chi connectivity index (χ2v) is 5.94. The summed E-state index contributed by atoms with van der Waals surface area (Å²) in [5, 5.41) is 3.47. The van der Waals surface area contributed by atoms with E-state index in [2.05, 4.69) is 31.3 Å². The molecule has 2 aliphatic rings. The summed E-state index contributed by atoms with van der Waals surface area (Å²) in [6.07, 6.45) is 5.39.